The number of carbonyl (C=O) groups excluding carboxylic acids is 1. The Hall–Kier alpha value is -2.40. The van der Waals surface area contributed by atoms with Gasteiger partial charge in [-0.25, -0.2) is 0 Å². The van der Waals surface area contributed by atoms with Crippen molar-refractivity contribution in [1.82, 2.24) is 14.8 Å². The van der Waals surface area contributed by atoms with Crippen LogP contribution < -0.4 is 10.9 Å². The summed E-state index contributed by atoms with van der Waals surface area (Å²) in [7, 11) is 1.77. The van der Waals surface area contributed by atoms with Crippen LogP contribution in [0.25, 0.3) is 11.1 Å². The lowest BCUT2D eigenvalue weighted by Gasteiger charge is -2.29. The molecule has 2 heterocycles. The van der Waals surface area contributed by atoms with E-state index in [1.807, 2.05) is 31.0 Å². The van der Waals surface area contributed by atoms with Gasteiger partial charge in [-0.1, -0.05) is 19.1 Å². The first-order valence-electron chi connectivity index (χ1n) is 9.23. The van der Waals surface area contributed by atoms with Crippen molar-refractivity contribution < 1.29 is 4.79 Å². The number of piperazine rings is 1. The molecular weight excluding hydrogens is 326 g/mol. The fraction of sp³-hybridized carbons (Fsp3) is 0.429. The van der Waals surface area contributed by atoms with Crippen molar-refractivity contribution in [2.45, 2.75) is 27.2 Å². The summed E-state index contributed by atoms with van der Waals surface area (Å²) in [6.45, 7) is 9.13. The van der Waals surface area contributed by atoms with E-state index in [-0.39, 0.29) is 11.5 Å². The highest BCUT2D eigenvalue weighted by Crippen LogP contribution is 2.27. The zero-order valence-electron chi connectivity index (χ0n) is 16.1. The number of nitrogens with one attached hydrogen (secondary N) is 1. The quantitative estimate of drug-likeness (QED) is 0.921. The topological polar surface area (TPSA) is 54.3 Å². The van der Waals surface area contributed by atoms with Crippen molar-refractivity contribution in [3.63, 3.8) is 0 Å². The van der Waals surface area contributed by atoms with E-state index in [4.69, 9.17) is 0 Å². The van der Waals surface area contributed by atoms with Gasteiger partial charge >= 0.3 is 0 Å². The first-order valence-corrected chi connectivity index (χ1v) is 9.23. The second kappa shape index (κ2) is 7.46. The van der Waals surface area contributed by atoms with Gasteiger partial charge < -0.3 is 14.8 Å². The molecule has 1 aromatic heterocycles. The fourth-order valence-electron chi connectivity index (χ4n) is 3.67. The van der Waals surface area contributed by atoms with Crippen LogP contribution in [-0.2, 0) is 13.5 Å². The molecule has 0 radical (unpaired) electrons. The van der Waals surface area contributed by atoms with Crippen LogP contribution in [0.15, 0.2) is 29.2 Å². The number of benzene rings is 1. The van der Waals surface area contributed by atoms with Gasteiger partial charge in [-0.2, -0.15) is 0 Å². The molecule has 0 aliphatic carbocycles. The number of nitrogens with zero attached hydrogens (tertiary/aromatic N) is 2. The molecule has 5 heteroatoms. The fourth-order valence-corrected chi connectivity index (χ4v) is 3.67. The molecule has 138 valence electrons. The van der Waals surface area contributed by atoms with Crippen LogP contribution in [0.5, 0.6) is 0 Å². The minimum atomic E-state index is 0.0201. The molecule has 3 rings (SSSR count). The minimum Gasteiger partial charge on any atom is -0.336 e. The summed E-state index contributed by atoms with van der Waals surface area (Å²) in [6.07, 6.45) is 2.66. The van der Waals surface area contributed by atoms with Crippen LogP contribution in [-0.4, -0.2) is 41.6 Å². The van der Waals surface area contributed by atoms with E-state index in [0.29, 0.717) is 0 Å². The largest absolute Gasteiger partial charge is 0.336 e. The van der Waals surface area contributed by atoms with E-state index < -0.39 is 0 Å². The third kappa shape index (κ3) is 3.44. The Morgan fingerprint density at radius 2 is 1.73 bits per heavy atom. The number of carbonyl (C=O) groups is 1. The monoisotopic (exact) mass is 353 g/mol. The van der Waals surface area contributed by atoms with Crippen molar-refractivity contribution in [1.29, 1.82) is 0 Å². The van der Waals surface area contributed by atoms with E-state index >= 15 is 0 Å². The van der Waals surface area contributed by atoms with Crippen molar-refractivity contribution in [3.05, 3.63) is 57.0 Å². The Morgan fingerprint density at radius 3 is 2.35 bits per heavy atom. The lowest BCUT2D eigenvalue weighted by atomic mass is 9.93. The van der Waals surface area contributed by atoms with Gasteiger partial charge in [-0.3, -0.25) is 9.59 Å². The van der Waals surface area contributed by atoms with Crippen molar-refractivity contribution in [2.24, 2.45) is 7.05 Å². The third-order valence-electron chi connectivity index (χ3n) is 5.11. The predicted molar refractivity (Wildman–Crippen MR) is 105 cm³/mol. The first-order chi connectivity index (χ1) is 12.4. The summed E-state index contributed by atoms with van der Waals surface area (Å²) in [4.78, 5) is 27.0. The number of aromatic nitrogens is 1. The van der Waals surface area contributed by atoms with Crippen molar-refractivity contribution in [3.8, 4) is 11.1 Å². The van der Waals surface area contributed by atoms with Crippen LogP contribution >= 0.6 is 0 Å². The van der Waals surface area contributed by atoms with E-state index in [0.717, 1.165) is 66.0 Å². The smallest absolute Gasteiger partial charge is 0.254 e. The molecule has 1 fully saturated rings. The summed E-state index contributed by atoms with van der Waals surface area (Å²) < 4.78 is 1.62. The maximum Gasteiger partial charge on any atom is 0.254 e. The normalized spacial score (nSPS) is 14.5. The van der Waals surface area contributed by atoms with Crippen molar-refractivity contribution >= 4 is 5.91 Å². The maximum atomic E-state index is 13.1. The molecule has 5 nitrogen and oxygen atoms in total. The Morgan fingerprint density at radius 1 is 1.08 bits per heavy atom. The molecular formula is C21H27N3O2. The van der Waals surface area contributed by atoms with Crippen LogP contribution in [0.1, 0.15) is 34.0 Å². The van der Waals surface area contributed by atoms with Crippen LogP contribution in [0.4, 0.5) is 0 Å². The summed E-state index contributed by atoms with van der Waals surface area (Å²) >= 11 is 0. The van der Waals surface area contributed by atoms with Crippen LogP contribution in [0, 0.1) is 13.8 Å². The summed E-state index contributed by atoms with van der Waals surface area (Å²) in [5, 5.41) is 3.29. The van der Waals surface area contributed by atoms with E-state index in [1.54, 1.807) is 11.6 Å². The van der Waals surface area contributed by atoms with Crippen LogP contribution in [0.3, 0.4) is 0 Å². The van der Waals surface area contributed by atoms with Gasteiger partial charge in [0.25, 0.3) is 11.5 Å². The summed E-state index contributed by atoms with van der Waals surface area (Å²) in [6, 6.07) is 6.09. The van der Waals surface area contributed by atoms with E-state index in [9.17, 15) is 9.59 Å². The maximum absolute atomic E-state index is 13.1. The Kier molecular flexibility index (Phi) is 5.28. The first kappa shape index (κ1) is 18.4. The average Bonchev–Trinajstić information content (AvgIpc) is 2.65. The molecule has 26 heavy (non-hydrogen) atoms. The molecule has 1 N–H and O–H groups in total. The SMILES string of the molecule is CCc1cc(-c2cc(C)c(=O)n(C)c2)cc(C)c1C(=O)N1CCNCC1. The summed E-state index contributed by atoms with van der Waals surface area (Å²) in [5.41, 5.74) is 5.69. The second-order valence-electron chi connectivity index (χ2n) is 7.05. The number of hydrogen-bond donors (Lipinski definition) is 1. The van der Waals surface area contributed by atoms with Crippen molar-refractivity contribution in [2.75, 3.05) is 26.2 Å². The molecule has 0 spiro atoms. The van der Waals surface area contributed by atoms with Gasteiger partial charge in [0, 0.05) is 50.6 Å². The molecule has 1 aromatic carbocycles. The second-order valence-corrected chi connectivity index (χ2v) is 7.05. The highest BCUT2D eigenvalue weighted by Gasteiger charge is 2.22. The van der Waals surface area contributed by atoms with Gasteiger partial charge in [0.05, 0.1) is 0 Å². The molecule has 2 aromatic rings. The molecule has 0 atom stereocenters. The number of aryl methyl sites for hydroxylation is 4. The van der Waals surface area contributed by atoms with Gasteiger partial charge in [0.15, 0.2) is 0 Å². The van der Waals surface area contributed by atoms with Gasteiger partial charge in [-0.05, 0) is 48.6 Å². The number of hydrogen-bond acceptors (Lipinski definition) is 3. The molecule has 1 amide bonds. The molecule has 0 saturated carbocycles. The summed E-state index contributed by atoms with van der Waals surface area (Å²) in [5.74, 6) is 0.129. The van der Waals surface area contributed by atoms with Gasteiger partial charge in [0.1, 0.15) is 0 Å². The minimum absolute atomic E-state index is 0.0201. The highest BCUT2D eigenvalue weighted by atomic mass is 16.2. The molecule has 1 aliphatic rings. The number of rotatable bonds is 3. The molecule has 1 aliphatic heterocycles. The lowest BCUT2D eigenvalue weighted by Crippen LogP contribution is -2.46. The van der Waals surface area contributed by atoms with Gasteiger partial charge in [0.2, 0.25) is 0 Å². The number of amides is 1. The Balaban J connectivity index is 2.05. The van der Waals surface area contributed by atoms with E-state index in [2.05, 4.69) is 24.4 Å². The predicted octanol–water partition coefficient (Wildman–Crippen LogP) is 2.28. The molecule has 0 unspecified atom stereocenters. The zero-order valence-corrected chi connectivity index (χ0v) is 16.1. The lowest BCUT2D eigenvalue weighted by molar-refractivity contribution is 0.0734. The van der Waals surface area contributed by atoms with Crippen LogP contribution in [0.2, 0.25) is 0 Å². The highest BCUT2D eigenvalue weighted by molar-refractivity contribution is 5.98. The number of pyridine rings is 1. The zero-order chi connectivity index (χ0) is 18.8. The van der Waals surface area contributed by atoms with Gasteiger partial charge in [-0.15, -0.1) is 0 Å². The Bertz CT molecular complexity index is 867. The average molecular weight is 353 g/mol. The molecule has 0 bridgehead atoms. The van der Waals surface area contributed by atoms with E-state index in [1.165, 1.54) is 0 Å². The Labute approximate surface area is 154 Å². The standard InChI is InChI=1S/C21H27N3O2/c1-5-16-12-17(18-11-15(3)20(25)23(4)13-18)10-14(2)19(16)21(26)24-8-6-22-7-9-24/h10-13,22H,5-9H2,1-4H3. The molecule has 1 saturated heterocycles. The third-order valence-corrected chi connectivity index (χ3v) is 5.11.